The molecule has 2 aromatic rings. The molecule has 0 unspecified atom stereocenters. The highest BCUT2D eigenvalue weighted by Gasteiger charge is 2.10. The lowest BCUT2D eigenvalue weighted by Gasteiger charge is -2.13. The van der Waals surface area contributed by atoms with Gasteiger partial charge < -0.3 is 14.8 Å². The van der Waals surface area contributed by atoms with Crippen LogP contribution in [0.25, 0.3) is 0 Å². The molecule has 0 spiro atoms. The van der Waals surface area contributed by atoms with E-state index in [-0.39, 0.29) is 5.91 Å². The second-order valence-corrected chi connectivity index (χ2v) is 8.55. The predicted octanol–water partition coefficient (Wildman–Crippen LogP) is 3.93. The molecule has 0 aliphatic heterocycles. The van der Waals surface area contributed by atoms with E-state index in [9.17, 15) is 9.00 Å². The van der Waals surface area contributed by atoms with Crippen molar-refractivity contribution in [3.05, 3.63) is 59.2 Å². The summed E-state index contributed by atoms with van der Waals surface area (Å²) in [5, 5.41) is 2.91. The molecule has 0 aliphatic rings. The lowest BCUT2D eigenvalue weighted by atomic mass is 10.1. The summed E-state index contributed by atoms with van der Waals surface area (Å²) in [7, 11) is 0.667. The lowest BCUT2D eigenvalue weighted by Crippen LogP contribution is -2.23. The molecule has 1 amide bonds. The van der Waals surface area contributed by atoms with Gasteiger partial charge in [0.1, 0.15) is 0 Å². The van der Waals surface area contributed by atoms with E-state index in [2.05, 4.69) is 19.2 Å². The number of nitrogens with one attached hydrogen (secondary N) is 1. The summed E-state index contributed by atoms with van der Waals surface area (Å²) >= 11 is 0. The predicted molar refractivity (Wildman–Crippen MR) is 113 cm³/mol. The molecule has 28 heavy (non-hydrogen) atoms. The van der Waals surface area contributed by atoms with Crippen LogP contribution >= 0.6 is 0 Å². The van der Waals surface area contributed by atoms with Gasteiger partial charge in [0.2, 0.25) is 0 Å². The van der Waals surface area contributed by atoms with Gasteiger partial charge >= 0.3 is 0 Å². The quantitative estimate of drug-likeness (QED) is 0.653. The summed E-state index contributed by atoms with van der Waals surface area (Å²) in [4.78, 5) is 12.4. The number of carbonyl (C=O) groups is 1. The Morgan fingerprint density at radius 3 is 2.57 bits per heavy atom. The number of hydrogen-bond donors (Lipinski definition) is 1. The third-order valence-electron chi connectivity index (χ3n) is 4.19. The molecule has 0 bridgehead atoms. The van der Waals surface area contributed by atoms with Gasteiger partial charge in [-0.2, -0.15) is 0 Å². The Labute approximate surface area is 169 Å². The first-order valence-electron chi connectivity index (χ1n) is 9.36. The zero-order chi connectivity index (χ0) is 20.5. The molecule has 0 fully saturated rings. The average molecular weight is 404 g/mol. The van der Waals surface area contributed by atoms with Crippen LogP contribution in [-0.4, -0.2) is 30.1 Å². The van der Waals surface area contributed by atoms with Crippen LogP contribution in [0.15, 0.2) is 42.5 Å². The van der Waals surface area contributed by atoms with Crippen molar-refractivity contribution in [1.82, 2.24) is 5.32 Å². The van der Waals surface area contributed by atoms with Crippen molar-refractivity contribution in [1.29, 1.82) is 0 Å². The Morgan fingerprint density at radius 2 is 1.89 bits per heavy atom. The van der Waals surface area contributed by atoms with Gasteiger partial charge in [0.05, 0.1) is 13.7 Å². The van der Waals surface area contributed by atoms with E-state index in [1.54, 1.807) is 25.5 Å². The van der Waals surface area contributed by atoms with Gasteiger partial charge in [-0.25, -0.2) is 0 Å². The number of hydrogen-bond acceptors (Lipinski definition) is 4. The van der Waals surface area contributed by atoms with Crippen molar-refractivity contribution < 1.29 is 18.5 Å². The molecular weight excluding hydrogens is 374 g/mol. The first kappa shape index (κ1) is 22.0. The summed E-state index contributed by atoms with van der Waals surface area (Å²) in [6.45, 7) is 5.34. The number of methoxy groups -OCH3 is 1. The Balaban J connectivity index is 1.98. The maximum atomic E-state index is 12.4. The third-order valence-corrected chi connectivity index (χ3v) is 4.93. The molecule has 5 nitrogen and oxygen atoms in total. The van der Waals surface area contributed by atoms with Crippen molar-refractivity contribution in [2.24, 2.45) is 5.92 Å². The van der Waals surface area contributed by atoms with Gasteiger partial charge in [-0.1, -0.05) is 32.0 Å². The fourth-order valence-corrected chi connectivity index (χ4v) is 3.32. The molecular formula is C22H29NO4S. The van der Waals surface area contributed by atoms with E-state index in [0.717, 1.165) is 17.5 Å². The number of rotatable bonds is 10. The summed E-state index contributed by atoms with van der Waals surface area (Å²) < 4.78 is 22.6. The minimum atomic E-state index is -0.940. The topological polar surface area (TPSA) is 64.6 Å². The molecule has 0 heterocycles. The average Bonchev–Trinajstić information content (AvgIpc) is 2.66. The highest BCUT2D eigenvalue weighted by atomic mass is 32.2. The minimum absolute atomic E-state index is 0.167. The smallest absolute Gasteiger partial charge is 0.251 e. The third kappa shape index (κ3) is 7.00. The second-order valence-electron chi connectivity index (χ2n) is 7.12. The SMILES string of the molecule is COc1cc(CNC(=O)c2cccc(C[S@](C)=O)c2)ccc1OCCC(C)C. The van der Waals surface area contributed by atoms with Crippen LogP contribution < -0.4 is 14.8 Å². The van der Waals surface area contributed by atoms with Gasteiger partial charge in [-0.15, -0.1) is 0 Å². The Kier molecular flexibility index (Phi) is 8.51. The number of amides is 1. The molecule has 0 saturated heterocycles. The van der Waals surface area contributed by atoms with Crippen LogP contribution in [0.4, 0.5) is 0 Å². The van der Waals surface area contributed by atoms with Crippen molar-refractivity contribution >= 4 is 16.7 Å². The van der Waals surface area contributed by atoms with E-state index in [0.29, 0.717) is 41.9 Å². The zero-order valence-corrected chi connectivity index (χ0v) is 17.8. The standard InChI is InChI=1S/C22H29NO4S/c1-16(2)10-11-27-20-9-8-17(13-21(20)26-3)14-23-22(24)19-7-5-6-18(12-19)15-28(4)25/h5-9,12-13,16H,10-11,14-15H2,1-4H3,(H,23,24)/t28-/m0/s1. The van der Waals surface area contributed by atoms with Crippen molar-refractivity contribution in [3.8, 4) is 11.5 Å². The second kappa shape index (κ2) is 10.9. The minimum Gasteiger partial charge on any atom is -0.493 e. The van der Waals surface area contributed by atoms with Gasteiger partial charge in [0.15, 0.2) is 11.5 Å². The van der Waals surface area contributed by atoms with Crippen LogP contribution in [0.1, 0.15) is 41.8 Å². The van der Waals surface area contributed by atoms with Crippen LogP contribution in [-0.2, 0) is 23.1 Å². The van der Waals surface area contributed by atoms with Crippen LogP contribution in [0, 0.1) is 5.92 Å². The highest BCUT2D eigenvalue weighted by Crippen LogP contribution is 2.28. The summed E-state index contributed by atoms with van der Waals surface area (Å²) in [6.07, 6.45) is 2.63. The number of benzene rings is 2. The largest absolute Gasteiger partial charge is 0.493 e. The maximum Gasteiger partial charge on any atom is 0.251 e. The van der Waals surface area contributed by atoms with Crippen molar-refractivity contribution in [2.75, 3.05) is 20.0 Å². The van der Waals surface area contributed by atoms with Gasteiger partial charge in [0.25, 0.3) is 5.91 Å². The summed E-state index contributed by atoms with van der Waals surface area (Å²) in [6, 6.07) is 12.9. The Morgan fingerprint density at radius 1 is 1.11 bits per heavy atom. The number of carbonyl (C=O) groups excluding carboxylic acids is 1. The first-order valence-corrected chi connectivity index (χ1v) is 11.1. The molecule has 1 N–H and O–H groups in total. The molecule has 2 rings (SSSR count). The summed E-state index contributed by atoms with van der Waals surface area (Å²) in [5.41, 5.74) is 2.37. The van der Waals surface area contributed by atoms with Crippen molar-refractivity contribution in [2.45, 2.75) is 32.6 Å². The molecule has 152 valence electrons. The summed E-state index contributed by atoms with van der Waals surface area (Å²) in [5.74, 6) is 2.22. The Hall–Kier alpha value is -2.34. The van der Waals surface area contributed by atoms with Gasteiger partial charge in [0, 0.05) is 34.9 Å². The van der Waals surface area contributed by atoms with Gasteiger partial charge in [-0.3, -0.25) is 9.00 Å². The van der Waals surface area contributed by atoms with E-state index in [1.165, 1.54) is 0 Å². The van der Waals surface area contributed by atoms with E-state index >= 15 is 0 Å². The molecule has 0 aliphatic carbocycles. The first-order chi connectivity index (χ1) is 13.4. The maximum absolute atomic E-state index is 12.4. The van der Waals surface area contributed by atoms with E-state index in [1.807, 2.05) is 30.3 Å². The molecule has 2 aromatic carbocycles. The van der Waals surface area contributed by atoms with E-state index in [4.69, 9.17) is 9.47 Å². The van der Waals surface area contributed by atoms with Crippen LogP contribution in [0.3, 0.4) is 0 Å². The van der Waals surface area contributed by atoms with Gasteiger partial charge in [-0.05, 0) is 47.7 Å². The molecule has 0 saturated carbocycles. The van der Waals surface area contributed by atoms with Crippen LogP contribution in [0.5, 0.6) is 11.5 Å². The fraction of sp³-hybridized carbons (Fsp3) is 0.409. The monoisotopic (exact) mass is 403 g/mol. The Bertz CT molecular complexity index is 820. The normalized spacial score (nSPS) is 11.9. The molecule has 1 atom stereocenters. The molecule has 0 aromatic heterocycles. The number of ether oxygens (including phenoxy) is 2. The zero-order valence-electron chi connectivity index (χ0n) is 17.0. The van der Waals surface area contributed by atoms with Crippen molar-refractivity contribution in [3.63, 3.8) is 0 Å². The molecule has 0 radical (unpaired) electrons. The van der Waals surface area contributed by atoms with E-state index < -0.39 is 10.8 Å². The molecule has 6 heteroatoms. The lowest BCUT2D eigenvalue weighted by molar-refractivity contribution is 0.0950. The highest BCUT2D eigenvalue weighted by molar-refractivity contribution is 7.83. The van der Waals surface area contributed by atoms with Crippen LogP contribution in [0.2, 0.25) is 0 Å². The fourth-order valence-electron chi connectivity index (χ4n) is 2.67.